The quantitative estimate of drug-likeness (QED) is 0.608. The van der Waals surface area contributed by atoms with Crippen LogP contribution < -0.4 is 10.6 Å². The summed E-state index contributed by atoms with van der Waals surface area (Å²) in [5.74, 6) is 0.00347. The Bertz CT molecular complexity index is 340. The molecule has 0 spiro atoms. The second-order valence-corrected chi connectivity index (χ2v) is 6.67. The zero-order valence-corrected chi connectivity index (χ0v) is 12.9. The predicted octanol–water partition coefficient (Wildman–Crippen LogP) is -1.15. The molecule has 2 atom stereocenters. The monoisotopic (exact) mass is 284 g/mol. The van der Waals surface area contributed by atoms with Crippen LogP contribution in [0.25, 0.3) is 0 Å². The van der Waals surface area contributed by atoms with Crippen molar-refractivity contribution in [2.24, 2.45) is 0 Å². The number of likely N-dealkylation sites (N-methyl/N-ethyl adjacent to an activating group) is 1. The molecule has 2 heterocycles. The fourth-order valence-electron chi connectivity index (χ4n) is 2.87. The third-order valence-electron chi connectivity index (χ3n) is 4.48. The van der Waals surface area contributed by atoms with Crippen LogP contribution in [0, 0.1) is 0 Å². The normalized spacial score (nSPS) is 29.6. The summed E-state index contributed by atoms with van der Waals surface area (Å²) in [6.07, 6.45) is 0.122. The fourth-order valence-corrected chi connectivity index (χ4v) is 2.87. The van der Waals surface area contributed by atoms with E-state index in [2.05, 4.69) is 41.3 Å². The Hall–Kier alpha value is -0.690. The van der Waals surface area contributed by atoms with Gasteiger partial charge in [-0.1, -0.05) is 0 Å². The van der Waals surface area contributed by atoms with Crippen molar-refractivity contribution in [3.63, 3.8) is 0 Å². The summed E-state index contributed by atoms with van der Waals surface area (Å²) in [6.45, 7) is 9.75. The highest BCUT2D eigenvalue weighted by Gasteiger charge is 2.32. The van der Waals surface area contributed by atoms with Gasteiger partial charge in [0.15, 0.2) is 0 Å². The standard InChI is InChI=1S/C14H28N4O2/c1-14(2,18-6-4-17(3)5-7-18)10-16-13(20)12-8-11(19)9-15-12/h11-12,15,19H,4-10H2,1-3H3,(H,16,20). The van der Waals surface area contributed by atoms with Gasteiger partial charge < -0.3 is 20.6 Å². The summed E-state index contributed by atoms with van der Waals surface area (Å²) in [6, 6.07) is -0.242. The minimum atomic E-state index is -0.392. The summed E-state index contributed by atoms with van der Waals surface area (Å²) in [5, 5.41) is 15.5. The maximum Gasteiger partial charge on any atom is 0.237 e. The highest BCUT2D eigenvalue weighted by atomic mass is 16.3. The minimum Gasteiger partial charge on any atom is -0.392 e. The number of aliphatic hydroxyl groups is 1. The molecule has 2 aliphatic rings. The van der Waals surface area contributed by atoms with Crippen LogP contribution in [0.5, 0.6) is 0 Å². The second-order valence-electron chi connectivity index (χ2n) is 6.67. The van der Waals surface area contributed by atoms with E-state index in [1.54, 1.807) is 0 Å². The van der Waals surface area contributed by atoms with E-state index in [1.807, 2.05) is 0 Å². The van der Waals surface area contributed by atoms with E-state index in [0.717, 1.165) is 26.2 Å². The van der Waals surface area contributed by atoms with Gasteiger partial charge in [0.05, 0.1) is 12.1 Å². The molecule has 0 aliphatic carbocycles. The molecule has 0 radical (unpaired) electrons. The first kappa shape index (κ1) is 15.7. The van der Waals surface area contributed by atoms with Gasteiger partial charge >= 0.3 is 0 Å². The number of carbonyl (C=O) groups excluding carboxylic acids is 1. The van der Waals surface area contributed by atoms with Crippen molar-refractivity contribution >= 4 is 5.91 Å². The van der Waals surface area contributed by atoms with Crippen molar-refractivity contribution in [1.29, 1.82) is 0 Å². The first-order valence-corrected chi connectivity index (χ1v) is 7.51. The molecule has 0 saturated carbocycles. The van der Waals surface area contributed by atoms with Gasteiger partial charge in [-0.2, -0.15) is 0 Å². The van der Waals surface area contributed by atoms with Crippen molar-refractivity contribution < 1.29 is 9.90 Å². The van der Waals surface area contributed by atoms with Crippen molar-refractivity contribution in [1.82, 2.24) is 20.4 Å². The van der Waals surface area contributed by atoms with Gasteiger partial charge in [0.2, 0.25) is 5.91 Å². The van der Waals surface area contributed by atoms with E-state index < -0.39 is 6.10 Å². The van der Waals surface area contributed by atoms with Crippen molar-refractivity contribution in [2.75, 3.05) is 46.3 Å². The molecule has 0 bridgehead atoms. The van der Waals surface area contributed by atoms with E-state index in [-0.39, 0.29) is 17.5 Å². The zero-order chi connectivity index (χ0) is 14.8. The maximum absolute atomic E-state index is 12.1. The maximum atomic E-state index is 12.1. The lowest BCUT2D eigenvalue weighted by atomic mass is 10.0. The molecule has 6 nitrogen and oxygen atoms in total. The smallest absolute Gasteiger partial charge is 0.237 e. The van der Waals surface area contributed by atoms with Crippen LogP contribution in [-0.4, -0.2) is 84.8 Å². The Labute approximate surface area is 121 Å². The average molecular weight is 284 g/mol. The Morgan fingerprint density at radius 1 is 1.35 bits per heavy atom. The molecule has 2 rings (SSSR count). The molecule has 3 N–H and O–H groups in total. The Morgan fingerprint density at radius 2 is 2.00 bits per heavy atom. The molecule has 1 amide bonds. The zero-order valence-electron chi connectivity index (χ0n) is 12.9. The summed E-state index contributed by atoms with van der Waals surface area (Å²) >= 11 is 0. The number of nitrogens with zero attached hydrogens (tertiary/aromatic N) is 2. The lowest BCUT2D eigenvalue weighted by Crippen LogP contribution is -2.58. The van der Waals surface area contributed by atoms with Gasteiger partial charge in [0.1, 0.15) is 0 Å². The predicted molar refractivity (Wildman–Crippen MR) is 78.6 cm³/mol. The Balaban J connectivity index is 1.78. The van der Waals surface area contributed by atoms with Crippen LogP contribution in [0.2, 0.25) is 0 Å². The number of carbonyl (C=O) groups is 1. The number of aliphatic hydroxyl groups excluding tert-OH is 1. The molecule has 2 unspecified atom stereocenters. The number of hydrogen-bond donors (Lipinski definition) is 3. The topological polar surface area (TPSA) is 67.8 Å². The highest BCUT2D eigenvalue weighted by Crippen LogP contribution is 2.16. The molecule has 6 heteroatoms. The number of rotatable bonds is 4. The van der Waals surface area contributed by atoms with Crippen LogP contribution in [0.1, 0.15) is 20.3 Å². The molecule has 2 saturated heterocycles. The van der Waals surface area contributed by atoms with E-state index in [0.29, 0.717) is 19.5 Å². The van der Waals surface area contributed by atoms with Crippen molar-refractivity contribution in [3.05, 3.63) is 0 Å². The number of piperazine rings is 1. The lowest BCUT2D eigenvalue weighted by Gasteiger charge is -2.43. The molecule has 0 aromatic heterocycles. The lowest BCUT2D eigenvalue weighted by molar-refractivity contribution is -0.123. The summed E-state index contributed by atoms with van der Waals surface area (Å²) in [7, 11) is 2.14. The summed E-state index contributed by atoms with van der Waals surface area (Å²) in [5.41, 5.74) is -0.0336. The number of amides is 1. The SMILES string of the molecule is CN1CCN(C(C)(C)CNC(=O)C2CC(O)CN2)CC1. The van der Waals surface area contributed by atoms with Crippen LogP contribution in [-0.2, 0) is 4.79 Å². The number of hydrogen-bond acceptors (Lipinski definition) is 5. The molecule has 2 aliphatic heterocycles. The fraction of sp³-hybridized carbons (Fsp3) is 0.929. The second kappa shape index (κ2) is 6.39. The molecule has 0 aromatic rings. The Morgan fingerprint density at radius 3 is 2.55 bits per heavy atom. The summed E-state index contributed by atoms with van der Waals surface area (Å²) in [4.78, 5) is 16.8. The Kier molecular flexibility index (Phi) is 5.01. The highest BCUT2D eigenvalue weighted by molar-refractivity contribution is 5.82. The van der Waals surface area contributed by atoms with Crippen LogP contribution >= 0.6 is 0 Å². The van der Waals surface area contributed by atoms with Crippen LogP contribution in [0.15, 0.2) is 0 Å². The third kappa shape index (κ3) is 3.91. The van der Waals surface area contributed by atoms with Crippen LogP contribution in [0.3, 0.4) is 0 Å². The van der Waals surface area contributed by atoms with Crippen molar-refractivity contribution in [2.45, 2.75) is 38.0 Å². The van der Waals surface area contributed by atoms with Gasteiger partial charge in [-0.25, -0.2) is 0 Å². The van der Waals surface area contributed by atoms with Crippen LogP contribution in [0.4, 0.5) is 0 Å². The molecular weight excluding hydrogens is 256 g/mol. The molecule has 0 aromatic carbocycles. The third-order valence-corrected chi connectivity index (χ3v) is 4.48. The number of β-amino-alcohol motifs (C(OH)–C–C–N with tert-alkyl or cyclic N) is 1. The van der Waals surface area contributed by atoms with Gasteiger partial charge in [-0.3, -0.25) is 9.69 Å². The largest absolute Gasteiger partial charge is 0.392 e. The van der Waals surface area contributed by atoms with E-state index in [9.17, 15) is 9.90 Å². The first-order chi connectivity index (χ1) is 9.38. The minimum absolute atomic E-state index is 0.00347. The average Bonchev–Trinajstić information content (AvgIpc) is 2.83. The first-order valence-electron chi connectivity index (χ1n) is 7.51. The number of nitrogens with one attached hydrogen (secondary N) is 2. The van der Waals surface area contributed by atoms with E-state index >= 15 is 0 Å². The molecular formula is C14H28N4O2. The molecule has 20 heavy (non-hydrogen) atoms. The van der Waals surface area contributed by atoms with E-state index in [4.69, 9.17) is 0 Å². The van der Waals surface area contributed by atoms with Gasteiger partial charge in [0.25, 0.3) is 0 Å². The molecule has 116 valence electrons. The molecule has 2 fully saturated rings. The van der Waals surface area contributed by atoms with E-state index in [1.165, 1.54) is 0 Å². The van der Waals surface area contributed by atoms with Gasteiger partial charge in [0, 0.05) is 44.8 Å². The van der Waals surface area contributed by atoms with Gasteiger partial charge in [-0.05, 0) is 27.3 Å². The van der Waals surface area contributed by atoms with Gasteiger partial charge in [-0.15, -0.1) is 0 Å². The van der Waals surface area contributed by atoms with Crippen molar-refractivity contribution in [3.8, 4) is 0 Å². The summed E-state index contributed by atoms with van der Waals surface area (Å²) < 4.78 is 0.